The zero-order chi connectivity index (χ0) is 15.6. The van der Waals surface area contributed by atoms with Crippen molar-refractivity contribution in [2.24, 2.45) is 0 Å². The van der Waals surface area contributed by atoms with Crippen molar-refractivity contribution in [2.75, 3.05) is 13.2 Å². The fraction of sp³-hybridized carbons (Fsp3) is 1.00. The topological polar surface area (TPSA) is 68.2 Å². The van der Waals surface area contributed by atoms with Crippen LogP contribution in [0, 0.1) is 0 Å². The van der Waals surface area contributed by atoms with Crippen molar-refractivity contribution >= 4 is 8.32 Å². The van der Waals surface area contributed by atoms with Crippen LogP contribution >= 0.6 is 0 Å². The Morgan fingerprint density at radius 3 is 2.15 bits per heavy atom. The third-order valence-electron chi connectivity index (χ3n) is 4.29. The summed E-state index contributed by atoms with van der Waals surface area (Å²) in [6.07, 6.45) is -2.39. The van der Waals surface area contributed by atoms with E-state index in [0.717, 1.165) is 0 Å². The first-order chi connectivity index (χ1) is 9.04. The maximum Gasteiger partial charge on any atom is 0.192 e. The molecule has 0 aromatic carbocycles. The van der Waals surface area contributed by atoms with E-state index in [-0.39, 0.29) is 11.5 Å². The van der Waals surface area contributed by atoms with Crippen LogP contribution in [0.2, 0.25) is 18.1 Å². The van der Waals surface area contributed by atoms with Crippen molar-refractivity contribution in [1.82, 2.24) is 0 Å². The van der Waals surface area contributed by atoms with Crippen LogP contribution in [0.3, 0.4) is 0 Å². The molecule has 0 unspecified atom stereocenters. The summed E-state index contributed by atoms with van der Waals surface area (Å²) in [5, 5.41) is 20.4. The van der Waals surface area contributed by atoms with Gasteiger partial charge in [-0.3, -0.25) is 0 Å². The van der Waals surface area contributed by atoms with Crippen LogP contribution in [-0.2, 0) is 13.9 Å². The van der Waals surface area contributed by atoms with E-state index in [4.69, 9.17) is 13.9 Å². The Labute approximate surface area is 123 Å². The molecule has 0 amide bonds. The minimum Gasteiger partial charge on any atom is -0.411 e. The van der Waals surface area contributed by atoms with Crippen molar-refractivity contribution in [3.8, 4) is 0 Å². The number of aliphatic hydroxyl groups excluding tert-OH is 2. The summed E-state index contributed by atoms with van der Waals surface area (Å²) < 4.78 is 16.7. The van der Waals surface area contributed by atoms with E-state index in [1.165, 1.54) is 0 Å². The Bertz CT molecular complexity index is 296. The predicted octanol–water partition coefficient (Wildman–Crippen LogP) is 1.88. The maximum atomic E-state index is 10.2. The van der Waals surface area contributed by atoms with E-state index in [1.807, 2.05) is 6.92 Å². The summed E-state index contributed by atoms with van der Waals surface area (Å²) in [4.78, 5) is 0. The molecule has 0 aromatic heterocycles. The Hall–Kier alpha value is 0.0169. The Balaban J connectivity index is 2.50. The summed E-state index contributed by atoms with van der Waals surface area (Å²) in [5.41, 5.74) is 0. The molecular weight excluding hydrogens is 276 g/mol. The van der Waals surface area contributed by atoms with E-state index in [1.54, 1.807) is 0 Å². The molecule has 1 rings (SSSR count). The fourth-order valence-electron chi connectivity index (χ4n) is 1.90. The lowest BCUT2D eigenvalue weighted by Crippen LogP contribution is -2.49. The van der Waals surface area contributed by atoms with Gasteiger partial charge < -0.3 is 24.1 Å². The SMILES string of the molecule is C[C@H](O[Si](C)(C)C(C)(C)C)[C@H](O)[C@@H](O)CC1OCCO1. The smallest absolute Gasteiger partial charge is 0.192 e. The Kier molecular flexibility index (Phi) is 6.19. The second-order valence-electron chi connectivity index (χ2n) is 7.05. The molecule has 1 saturated heterocycles. The van der Waals surface area contributed by atoms with Gasteiger partial charge in [0.1, 0.15) is 6.10 Å². The minimum atomic E-state index is -1.95. The quantitative estimate of drug-likeness (QED) is 0.733. The molecule has 1 aliphatic heterocycles. The van der Waals surface area contributed by atoms with Gasteiger partial charge >= 0.3 is 0 Å². The van der Waals surface area contributed by atoms with Gasteiger partial charge in [0.25, 0.3) is 0 Å². The van der Waals surface area contributed by atoms with Crippen LogP contribution in [0.25, 0.3) is 0 Å². The first-order valence-corrected chi connectivity index (χ1v) is 10.2. The molecule has 0 aromatic rings. The number of aliphatic hydroxyl groups is 2. The molecule has 5 nitrogen and oxygen atoms in total. The number of hydrogen-bond donors (Lipinski definition) is 2. The van der Waals surface area contributed by atoms with E-state index < -0.39 is 32.9 Å². The molecule has 1 heterocycles. The maximum absolute atomic E-state index is 10.2. The van der Waals surface area contributed by atoms with E-state index >= 15 is 0 Å². The van der Waals surface area contributed by atoms with Gasteiger partial charge in [0.05, 0.1) is 25.4 Å². The van der Waals surface area contributed by atoms with Gasteiger partial charge in [0.2, 0.25) is 0 Å². The molecule has 0 aliphatic carbocycles. The molecule has 20 heavy (non-hydrogen) atoms. The molecule has 3 atom stereocenters. The average molecular weight is 306 g/mol. The molecule has 1 fully saturated rings. The second-order valence-corrected chi connectivity index (χ2v) is 11.8. The lowest BCUT2D eigenvalue weighted by molar-refractivity contribution is -0.109. The van der Waals surface area contributed by atoms with Crippen molar-refractivity contribution in [3.63, 3.8) is 0 Å². The molecule has 0 saturated carbocycles. The highest BCUT2D eigenvalue weighted by Crippen LogP contribution is 2.37. The molecule has 1 aliphatic rings. The van der Waals surface area contributed by atoms with Crippen molar-refractivity contribution in [3.05, 3.63) is 0 Å². The highest BCUT2D eigenvalue weighted by molar-refractivity contribution is 6.74. The standard InChI is InChI=1S/C14H30O5Si/c1-10(19-20(5,6)14(2,3)4)13(16)11(15)9-12-17-7-8-18-12/h10-13,15-16H,7-9H2,1-6H3/t10-,11-,13-/m0/s1. The van der Waals surface area contributed by atoms with Crippen LogP contribution < -0.4 is 0 Å². The molecule has 0 radical (unpaired) electrons. The van der Waals surface area contributed by atoms with E-state index in [9.17, 15) is 10.2 Å². The molecule has 0 spiro atoms. The second kappa shape index (κ2) is 6.85. The van der Waals surface area contributed by atoms with Crippen molar-refractivity contribution in [1.29, 1.82) is 0 Å². The summed E-state index contributed by atoms with van der Waals surface area (Å²) in [6, 6.07) is 0. The van der Waals surface area contributed by atoms with Crippen LogP contribution in [0.15, 0.2) is 0 Å². The largest absolute Gasteiger partial charge is 0.411 e. The van der Waals surface area contributed by atoms with Gasteiger partial charge in [-0.15, -0.1) is 0 Å². The average Bonchev–Trinajstić information content (AvgIpc) is 2.78. The first-order valence-electron chi connectivity index (χ1n) is 7.32. The van der Waals surface area contributed by atoms with E-state index in [0.29, 0.717) is 13.2 Å². The lowest BCUT2D eigenvalue weighted by atomic mass is 10.1. The molecule has 6 heteroatoms. The number of ether oxygens (including phenoxy) is 2. The van der Waals surface area contributed by atoms with Crippen molar-refractivity contribution in [2.45, 2.75) is 76.8 Å². The summed E-state index contributed by atoms with van der Waals surface area (Å²) in [5.74, 6) is 0. The number of hydrogen-bond acceptors (Lipinski definition) is 5. The highest BCUT2D eigenvalue weighted by atomic mass is 28.4. The molecule has 120 valence electrons. The highest BCUT2D eigenvalue weighted by Gasteiger charge is 2.40. The summed E-state index contributed by atoms with van der Waals surface area (Å²) in [6.45, 7) is 13.6. The lowest BCUT2D eigenvalue weighted by Gasteiger charge is -2.40. The van der Waals surface area contributed by atoms with E-state index in [2.05, 4.69) is 33.9 Å². The predicted molar refractivity (Wildman–Crippen MR) is 80.1 cm³/mol. The van der Waals surface area contributed by atoms with Gasteiger partial charge in [-0.25, -0.2) is 0 Å². The van der Waals surface area contributed by atoms with Crippen molar-refractivity contribution < 1.29 is 24.1 Å². The first kappa shape index (κ1) is 18.1. The Morgan fingerprint density at radius 2 is 1.70 bits per heavy atom. The monoisotopic (exact) mass is 306 g/mol. The van der Waals surface area contributed by atoms with Crippen LogP contribution in [0.5, 0.6) is 0 Å². The minimum absolute atomic E-state index is 0.0730. The Morgan fingerprint density at radius 1 is 1.20 bits per heavy atom. The fourth-order valence-corrected chi connectivity index (χ4v) is 3.33. The van der Waals surface area contributed by atoms with Gasteiger partial charge in [-0.1, -0.05) is 20.8 Å². The zero-order valence-electron chi connectivity index (χ0n) is 13.5. The van der Waals surface area contributed by atoms with Crippen LogP contribution in [0.4, 0.5) is 0 Å². The molecule has 2 N–H and O–H groups in total. The number of rotatable bonds is 6. The third kappa shape index (κ3) is 4.79. The third-order valence-corrected chi connectivity index (χ3v) is 8.86. The van der Waals surface area contributed by atoms with Crippen LogP contribution in [-0.4, -0.2) is 56.3 Å². The van der Waals surface area contributed by atoms with Gasteiger partial charge in [-0.05, 0) is 25.1 Å². The summed E-state index contributed by atoms with van der Waals surface area (Å²) in [7, 11) is -1.95. The zero-order valence-corrected chi connectivity index (χ0v) is 14.5. The normalized spacial score (nSPS) is 22.8. The van der Waals surface area contributed by atoms with Gasteiger partial charge in [0.15, 0.2) is 14.6 Å². The molecule has 0 bridgehead atoms. The molecular formula is C14H30O5Si. The van der Waals surface area contributed by atoms with Gasteiger partial charge in [-0.2, -0.15) is 0 Å². The summed E-state index contributed by atoms with van der Waals surface area (Å²) >= 11 is 0. The van der Waals surface area contributed by atoms with Gasteiger partial charge in [0, 0.05) is 6.42 Å². The van der Waals surface area contributed by atoms with Crippen LogP contribution in [0.1, 0.15) is 34.1 Å².